The summed E-state index contributed by atoms with van der Waals surface area (Å²) in [5.74, 6) is 0.310. The molecule has 0 aliphatic heterocycles. The average molecular weight is 337 g/mol. The summed E-state index contributed by atoms with van der Waals surface area (Å²) >= 11 is 11.7. The number of benzene rings is 1. The van der Waals surface area contributed by atoms with E-state index in [1.165, 1.54) is 18.2 Å². The van der Waals surface area contributed by atoms with Gasteiger partial charge in [0.15, 0.2) is 0 Å². The lowest BCUT2D eigenvalue weighted by atomic mass is 9.99. The second-order valence-corrected chi connectivity index (χ2v) is 7.70. The van der Waals surface area contributed by atoms with Gasteiger partial charge in [0.1, 0.15) is 0 Å². The molecule has 3 N–H and O–H groups in total. The van der Waals surface area contributed by atoms with Crippen molar-refractivity contribution in [2.75, 3.05) is 6.54 Å². The molecule has 20 heavy (non-hydrogen) atoms. The monoisotopic (exact) mass is 336 g/mol. The molecule has 7 heteroatoms. The summed E-state index contributed by atoms with van der Waals surface area (Å²) in [7, 11) is -3.65. The van der Waals surface area contributed by atoms with Gasteiger partial charge in [-0.05, 0) is 37.0 Å². The van der Waals surface area contributed by atoms with Crippen molar-refractivity contribution in [1.82, 2.24) is 4.72 Å². The highest BCUT2D eigenvalue weighted by Gasteiger charge is 2.28. The Bertz CT molecular complexity index is 551. The van der Waals surface area contributed by atoms with Crippen molar-refractivity contribution in [2.24, 2.45) is 11.7 Å². The van der Waals surface area contributed by atoms with E-state index in [0.29, 0.717) is 16.0 Å². The summed E-state index contributed by atoms with van der Waals surface area (Å²) in [5.41, 5.74) is 5.72. The van der Waals surface area contributed by atoms with E-state index in [9.17, 15) is 8.42 Å². The first-order valence-corrected chi connectivity index (χ1v) is 8.85. The molecule has 1 atom stereocenters. The van der Waals surface area contributed by atoms with Gasteiger partial charge in [0, 0.05) is 22.6 Å². The van der Waals surface area contributed by atoms with Crippen LogP contribution < -0.4 is 10.5 Å². The van der Waals surface area contributed by atoms with Crippen molar-refractivity contribution in [2.45, 2.75) is 36.6 Å². The molecule has 112 valence electrons. The van der Waals surface area contributed by atoms with Crippen LogP contribution >= 0.6 is 23.2 Å². The zero-order chi connectivity index (χ0) is 14.8. The summed E-state index contributed by atoms with van der Waals surface area (Å²) in [4.78, 5) is 0.0754. The molecule has 0 amide bonds. The van der Waals surface area contributed by atoms with Gasteiger partial charge in [0.25, 0.3) is 0 Å². The first kappa shape index (κ1) is 16.0. The third kappa shape index (κ3) is 3.86. The molecular weight excluding hydrogens is 319 g/mol. The van der Waals surface area contributed by atoms with Crippen LogP contribution in [-0.4, -0.2) is 21.0 Å². The van der Waals surface area contributed by atoms with Gasteiger partial charge in [-0.3, -0.25) is 0 Å². The third-order valence-electron chi connectivity index (χ3n) is 3.68. The van der Waals surface area contributed by atoms with Crippen molar-refractivity contribution in [3.8, 4) is 0 Å². The lowest BCUT2D eigenvalue weighted by Gasteiger charge is -2.23. The van der Waals surface area contributed by atoms with Gasteiger partial charge >= 0.3 is 0 Å². The molecule has 1 fully saturated rings. The quantitative estimate of drug-likeness (QED) is 0.868. The Kier molecular flexibility index (Phi) is 5.31. The minimum absolute atomic E-state index is 0.0754. The van der Waals surface area contributed by atoms with Gasteiger partial charge in [-0.2, -0.15) is 0 Å². The molecule has 0 saturated heterocycles. The molecule has 1 aliphatic rings. The maximum Gasteiger partial charge on any atom is 0.240 e. The van der Waals surface area contributed by atoms with Crippen LogP contribution in [0.15, 0.2) is 23.1 Å². The maximum absolute atomic E-state index is 12.4. The van der Waals surface area contributed by atoms with Crippen LogP contribution in [0.25, 0.3) is 0 Å². The number of sulfonamides is 1. The molecule has 4 nitrogen and oxygen atoms in total. The zero-order valence-corrected chi connectivity index (χ0v) is 13.3. The van der Waals surface area contributed by atoms with Gasteiger partial charge in [-0.25, -0.2) is 13.1 Å². The lowest BCUT2D eigenvalue weighted by molar-refractivity contribution is 0.405. The van der Waals surface area contributed by atoms with E-state index in [4.69, 9.17) is 28.9 Å². The Labute approximate surface area is 129 Å². The molecule has 0 radical (unpaired) electrons. The Morgan fingerprint density at radius 1 is 1.20 bits per heavy atom. The summed E-state index contributed by atoms with van der Waals surface area (Å²) in [6.07, 6.45) is 4.29. The number of hydrogen-bond donors (Lipinski definition) is 2. The fourth-order valence-corrected chi connectivity index (χ4v) is 4.69. The number of hydrogen-bond acceptors (Lipinski definition) is 3. The van der Waals surface area contributed by atoms with Crippen LogP contribution in [0, 0.1) is 5.92 Å². The Morgan fingerprint density at radius 2 is 1.75 bits per heavy atom. The van der Waals surface area contributed by atoms with Crippen LogP contribution in [0.5, 0.6) is 0 Å². The van der Waals surface area contributed by atoms with Gasteiger partial charge in [0.2, 0.25) is 10.0 Å². The number of nitrogens with two attached hydrogens (primary N) is 1. The van der Waals surface area contributed by atoms with Crippen molar-refractivity contribution >= 4 is 33.2 Å². The Hall–Kier alpha value is -0.330. The first-order chi connectivity index (χ1) is 9.42. The Morgan fingerprint density at radius 3 is 2.25 bits per heavy atom. The molecule has 0 spiro atoms. The van der Waals surface area contributed by atoms with E-state index in [1.54, 1.807) is 0 Å². The molecule has 2 rings (SSSR count). The second kappa shape index (κ2) is 6.62. The minimum Gasteiger partial charge on any atom is -0.329 e. The molecule has 1 aromatic carbocycles. The smallest absolute Gasteiger partial charge is 0.240 e. The maximum atomic E-state index is 12.4. The third-order valence-corrected chi connectivity index (χ3v) is 5.58. The van der Waals surface area contributed by atoms with Gasteiger partial charge in [-0.15, -0.1) is 0 Å². The molecule has 1 aromatic rings. The largest absolute Gasteiger partial charge is 0.329 e. The van der Waals surface area contributed by atoms with Crippen LogP contribution in [-0.2, 0) is 10.0 Å². The Balaban J connectivity index is 2.20. The first-order valence-electron chi connectivity index (χ1n) is 6.61. The van der Waals surface area contributed by atoms with Crippen LogP contribution in [0.2, 0.25) is 10.0 Å². The van der Waals surface area contributed by atoms with E-state index in [-0.39, 0.29) is 17.5 Å². The van der Waals surface area contributed by atoms with E-state index >= 15 is 0 Å². The van der Waals surface area contributed by atoms with E-state index in [1.807, 2.05) is 0 Å². The predicted molar refractivity (Wildman–Crippen MR) is 81.6 cm³/mol. The molecule has 0 bridgehead atoms. The van der Waals surface area contributed by atoms with Crippen molar-refractivity contribution in [3.05, 3.63) is 28.2 Å². The van der Waals surface area contributed by atoms with Crippen LogP contribution in [0.3, 0.4) is 0 Å². The SMILES string of the molecule is NCC(NS(=O)(=O)c1cc(Cl)cc(Cl)c1)C1CCCC1. The molecule has 1 aliphatic carbocycles. The molecular formula is C13H18Cl2N2O2S. The molecule has 1 unspecified atom stereocenters. The van der Waals surface area contributed by atoms with Crippen LogP contribution in [0.1, 0.15) is 25.7 Å². The highest BCUT2D eigenvalue weighted by Crippen LogP contribution is 2.29. The summed E-state index contributed by atoms with van der Waals surface area (Å²) < 4.78 is 27.4. The van der Waals surface area contributed by atoms with E-state index in [2.05, 4.69) is 4.72 Å². The molecule has 1 saturated carbocycles. The van der Waals surface area contributed by atoms with E-state index in [0.717, 1.165) is 25.7 Å². The topological polar surface area (TPSA) is 72.2 Å². The number of halogens is 2. The van der Waals surface area contributed by atoms with E-state index < -0.39 is 10.0 Å². The summed E-state index contributed by atoms with van der Waals surface area (Å²) in [5, 5.41) is 0.589. The molecule has 0 heterocycles. The molecule has 0 aromatic heterocycles. The minimum atomic E-state index is -3.65. The summed E-state index contributed by atoms with van der Waals surface area (Å²) in [6, 6.07) is 4.04. The highest BCUT2D eigenvalue weighted by molar-refractivity contribution is 7.89. The van der Waals surface area contributed by atoms with Gasteiger partial charge in [-0.1, -0.05) is 36.0 Å². The fraction of sp³-hybridized carbons (Fsp3) is 0.538. The van der Waals surface area contributed by atoms with Crippen molar-refractivity contribution in [1.29, 1.82) is 0 Å². The lowest BCUT2D eigenvalue weighted by Crippen LogP contribution is -2.44. The summed E-state index contributed by atoms with van der Waals surface area (Å²) in [6.45, 7) is 0.290. The van der Waals surface area contributed by atoms with Gasteiger partial charge in [0.05, 0.1) is 4.90 Å². The standard InChI is InChI=1S/C13H18Cl2N2O2S/c14-10-5-11(15)7-12(6-10)20(18,19)17-13(8-16)9-3-1-2-4-9/h5-7,9,13,17H,1-4,8,16H2. The normalized spacial score (nSPS) is 18.4. The average Bonchev–Trinajstić information content (AvgIpc) is 2.88. The van der Waals surface area contributed by atoms with Crippen LogP contribution in [0.4, 0.5) is 0 Å². The second-order valence-electron chi connectivity index (χ2n) is 5.11. The zero-order valence-electron chi connectivity index (χ0n) is 11.0. The fourth-order valence-electron chi connectivity index (χ4n) is 2.65. The van der Waals surface area contributed by atoms with Crippen molar-refractivity contribution < 1.29 is 8.42 Å². The van der Waals surface area contributed by atoms with Crippen molar-refractivity contribution in [3.63, 3.8) is 0 Å². The highest BCUT2D eigenvalue weighted by atomic mass is 35.5. The van der Waals surface area contributed by atoms with Gasteiger partial charge < -0.3 is 5.73 Å². The number of rotatable bonds is 5. The predicted octanol–water partition coefficient (Wildman–Crippen LogP) is 2.79. The number of nitrogens with one attached hydrogen (secondary N) is 1.